The van der Waals surface area contributed by atoms with E-state index in [9.17, 15) is 0 Å². The van der Waals surface area contributed by atoms with Crippen LogP contribution in [0.15, 0.2) is 6.33 Å². The number of hydrogen-bond acceptors (Lipinski definition) is 6. The van der Waals surface area contributed by atoms with E-state index < -0.39 is 0 Å². The molecule has 1 unspecified atom stereocenters. The van der Waals surface area contributed by atoms with E-state index in [1.54, 1.807) is 20.5 Å². The van der Waals surface area contributed by atoms with Gasteiger partial charge in [-0.15, -0.1) is 0 Å². The van der Waals surface area contributed by atoms with Crippen LogP contribution in [0, 0.1) is 0 Å². The zero-order chi connectivity index (χ0) is 14.5. The summed E-state index contributed by atoms with van der Waals surface area (Å²) >= 11 is 0. The third-order valence-corrected chi connectivity index (χ3v) is 3.42. The number of aromatic nitrogens is 4. The van der Waals surface area contributed by atoms with Gasteiger partial charge in [0.25, 0.3) is 0 Å². The Morgan fingerprint density at radius 1 is 1.45 bits per heavy atom. The first kappa shape index (κ1) is 14.5. The molecule has 0 saturated carbocycles. The van der Waals surface area contributed by atoms with Gasteiger partial charge in [0.05, 0.1) is 12.9 Å². The van der Waals surface area contributed by atoms with Gasteiger partial charge in [0.15, 0.2) is 11.5 Å². The van der Waals surface area contributed by atoms with Crippen LogP contribution in [0.2, 0.25) is 0 Å². The molecule has 0 spiro atoms. The van der Waals surface area contributed by atoms with Crippen LogP contribution < -0.4 is 10.2 Å². The lowest BCUT2D eigenvalue weighted by Gasteiger charge is -2.29. The first-order valence-electron chi connectivity index (χ1n) is 6.85. The molecule has 2 heterocycles. The molecule has 1 atom stereocenters. The van der Waals surface area contributed by atoms with Gasteiger partial charge >= 0.3 is 0 Å². The van der Waals surface area contributed by atoms with Crippen molar-refractivity contribution in [1.29, 1.82) is 0 Å². The fourth-order valence-electron chi connectivity index (χ4n) is 2.08. The van der Waals surface area contributed by atoms with Crippen LogP contribution >= 0.6 is 0 Å². The van der Waals surface area contributed by atoms with Gasteiger partial charge in [-0.3, -0.25) is 0 Å². The zero-order valence-electron chi connectivity index (χ0n) is 12.5. The summed E-state index contributed by atoms with van der Waals surface area (Å²) in [4.78, 5) is 18.5. The van der Waals surface area contributed by atoms with Gasteiger partial charge in [-0.25, -0.2) is 4.98 Å². The van der Waals surface area contributed by atoms with Crippen molar-refractivity contribution in [1.82, 2.24) is 19.9 Å². The molecule has 2 aromatic rings. The fraction of sp³-hybridized carbons (Fsp3) is 0.615. The summed E-state index contributed by atoms with van der Waals surface area (Å²) in [5.41, 5.74) is 1.53. The summed E-state index contributed by atoms with van der Waals surface area (Å²) in [5, 5.41) is 2.98. The number of aromatic amines is 1. The highest BCUT2D eigenvalue weighted by Crippen LogP contribution is 2.24. The normalized spacial score (nSPS) is 12.6. The number of anilines is 2. The number of ether oxygens (including phenoxy) is 1. The number of H-pyrrole nitrogens is 1. The quantitative estimate of drug-likeness (QED) is 0.801. The molecule has 0 aliphatic rings. The number of methoxy groups -OCH3 is 1. The van der Waals surface area contributed by atoms with Crippen molar-refractivity contribution in [3.63, 3.8) is 0 Å². The highest BCUT2D eigenvalue weighted by molar-refractivity contribution is 5.84. The average Bonchev–Trinajstić information content (AvgIpc) is 2.95. The molecule has 0 aliphatic carbocycles. The van der Waals surface area contributed by atoms with Crippen molar-refractivity contribution in [2.45, 2.75) is 26.3 Å². The standard InChI is InChI=1S/C13H22N6O/c1-5-9(2)19(6-7-20-4)12-10-11(16-8-15-10)17-13(14-3)18-12/h8-9H,5-7H2,1-4H3,(H2,14,15,16,17,18). The summed E-state index contributed by atoms with van der Waals surface area (Å²) in [7, 11) is 3.51. The van der Waals surface area contributed by atoms with Gasteiger partial charge in [0, 0.05) is 26.7 Å². The summed E-state index contributed by atoms with van der Waals surface area (Å²) in [6.07, 6.45) is 2.67. The maximum absolute atomic E-state index is 5.21. The van der Waals surface area contributed by atoms with Crippen LogP contribution in [0.3, 0.4) is 0 Å². The minimum absolute atomic E-state index is 0.358. The van der Waals surface area contributed by atoms with Crippen molar-refractivity contribution >= 4 is 22.9 Å². The molecule has 20 heavy (non-hydrogen) atoms. The van der Waals surface area contributed by atoms with Crippen molar-refractivity contribution in [3.05, 3.63) is 6.33 Å². The van der Waals surface area contributed by atoms with E-state index in [-0.39, 0.29) is 0 Å². The maximum Gasteiger partial charge on any atom is 0.226 e. The number of hydrogen-bond donors (Lipinski definition) is 2. The Morgan fingerprint density at radius 2 is 2.25 bits per heavy atom. The Balaban J connectivity index is 2.47. The van der Waals surface area contributed by atoms with Gasteiger partial charge in [-0.1, -0.05) is 6.92 Å². The summed E-state index contributed by atoms with van der Waals surface area (Å²) < 4.78 is 5.21. The number of nitrogens with zero attached hydrogens (tertiary/aromatic N) is 4. The monoisotopic (exact) mass is 278 g/mol. The Hall–Kier alpha value is -1.89. The molecule has 110 valence electrons. The molecule has 0 bridgehead atoms. The third-order valence-electron chi connectivity index (χ3n) is 3.42. The van der Waals surface area contributed by atoms with Crippen molar-refractivity contribution in [3.8, 4) is 0 Å². The van der Waals surface area contributed by atoms with E-state index >= 15 is 0 Å². The minimum atomic E-state index is 0.358. The highest BCUT2D eigenvalue weighted by Gasteiger charge is 2.19. The number of fused-ring (bicyclic) bond motifs is 1. The van der Waals surface area contributed by atoms with Crippen molar-refractivity contribution in [2.75, 3.05) is 37.5 Å². The molecule has 2 N–H and O–H groups in total. The molecule has 0 radical (unpaired) electrons. The predicted molar refractivity (Wildman–Crippen MR) is 80.2 cm³/mol. The van der Waals surface area contributed by atoms with Crippen LogP contribution in [0.1, 0.15) is 20.3 Å². The van der Waals surface area contributed by atoms with Gasteiger partial charge in [-0.05, 0) is 13.3 Å². The van der Waals surface area contributed by atoms with Crippen LogP contribution in [-0.2, 0) is 4.74 Å². The molecule has 0 fully saturated rings. The van der Waals surface area contributed by atoms with Crippen LogP contribution in [0.5, 0.6) is 0 Å². The molecular formula is C13H22N6O. The minimum Gasteiger partial charge on any atom is -0.383 e. The summed E-state index contributed by atoms with van der Waals surface area (Å²) in [6, 6.07) is 0.358. The summed E-state index contributed by atoms with van der Waals surface area (Å²) in [5.74, 6) is 1.44. The van der Waals surface area contributed by atoms with Crippen LogP contribution in [0.25, 0.3) is 11.2 Å². The average molecular weight is 278 g/mol. The van der Waals surface area contributed by atoms with Gasteiger partial charge in [0.1, 0.15) is 5.52 Å². The lowest BCUT2D eigenvalue weighted by Crippen LogP contribution is -2.36. The Bertz CT molecular complexity index is 555. The van der Waals surface area contributed by atoms with E-state index in [0.717, 1.165) is 24.3 Å². The predicted octanol–water partition coefficient (Wildman–Crippen LogP) is 1.65. The SMILES string of the molecule is CCC(C)N(CCOC)c1nc(NC)nc2nc[nH]c12. The van der Waals surface area contributed by atoms with Gasteiger partial charge < -0.3 is 19.9 Å². The van der Waals surface area contributed by atoms with E-state index in [1.807, 2.05) is 0 Å². The fourth-order valence-corrected chi connectivity index (χ4v) is 2.08. The second kappa shape index (κ2) is 6.51. The molecule has 0 saturated heterocycles. The first-order chi connectivity index (χ1) is 9.71. The largest absolute Gasteiger partial charge is 0.383 e. The zero-order valence-corrected chi connectivity index (χ0v) is 12.5. The van der Waals surface area contributed by atoms with Crippen molar-refractivity contribution < 1.29 is 4.74 Å². The van der Waals surface area contributed by atoms with Gasteiger partial charge in [0.2, 0.25) is 5.95 Å². The van der Waals surface area contributed by atoms with Gasteiger partial charge in [-0.2, -0.15) is 9.97 Å². The first-order valence-corrected chi connectivity index (χ1v) is 6.85. The Kier molecular flexibility index (Phi) is 4.73. The number of nitrogens with one attached hydrogen (secondary N) is 2. The second-order valence-corrected chi connectivity index (χ2v) is 4.67. The molecule has 7 heteroatoms. The lowest BCUT2D eigenvalue weighted by atomic mass is 10.2. The smallest absolute Gasteiger partial charge is 0.226 e. The van der Waals surface area contributed by atoms with E-state index in [0.29, 0.717) is 24.2 Å². The second-order valence-electron chi connectivity index (χ2n) is 4.67. The molecular weight excluding hydrogens is 256 g/mol. The number of imidazole rings is 1. The van der Waals surface area contributed by atoms with Crippen molar-refractivity contribution in [2.24, 2.45) is 0 Å². The molecule has 0 amide bonds. The van der Waals surface area contributed by atoms with Crippen LogP contribution in [-0.4, -0.2) is 53.3 Å². The summed E-state index contributed by atoms with van der Waals surface area (Å²) in [6.45, 7) is 5.77. The molecule has 7 nitrogen and oxygen atoms in total. The maximum atomic E-state index is 5.21. The Morgan fingerprint density at radius 3 is 2.90 bits per heavy atom. The molecule has 0 aromatic carbocycles. The molecule has 0 aliphatic heterocycles. The topological polar surface area (TPSA) is 79.0 Å². The third kappa shape index (κ3) is 2.82. The van der Waals surface area contributed by atoms with E-state index in [2.05, 4.69) is 44.0 Å². The highest BCUT2D eigenvalue weighted by atomic mass is 16.5. The molecule has 2 aromatic heterocycles. The van der Waals surface area contributed by atoms with Crippen LogP contribution in [0.4, 0.5) is 11.8 Å². The van der Waals surface area contributed by atoms with E-state index in [4.69, 9.17) is 4.74 Å². The lowest BCUT2D eigenvalue weighted by molar-refractivity contribution is 0.203. The van der Waals surface area contributed by atoms with E-state index in [1.165, 1.54) is 0 Å². The number of rotatable bonds is 7. The molecule has 2 rings (SSSR count). The Labute approximate surface area is 118 Å².